The van der Waals surface area contributed by atoms with Crippen LogP contribution in [0, 0.1) is 0 Å². The van der Waals surface area contributed by atoms with Gasteiger partial charge in [0.05, 0.1) is 7.11 Å². The number of methoxy groups -OCH3 is 1. The van der Waals surface area contributed by atoms with Crippen LogP contribution in [0.1, 0.15) is 31.2 Å². The Labute approximate surface area is 143 Å². The maximum absolute atomic E-state index is 12.1. The summed E-state index contributed by atoms with van der Waals surface area (Å²) < 4.78 is 44.8. The van der Waals surface area contributed by atoms with Crippen LogP contribution in [0.5, 0.6) is 5.75 Å². The van der Waals surface area contributed by atoms with Crippen LogP contribution in [0.2, 0.25) is 0 Å². The van der Waals surface area contributed by atoms with Crippen molar-refractivity contribution >= 4 is 18.0 Å². The molecule has 1 N–H and O–H groups in total. The number of esters is 1. The lowest BCUT2D eigenvalue weighted by molar-refractivity contribution is -0.274. The van der Waals surface area contributed by atoms with Gasteiger partial charge in [-0.15, -0.1) is 13.2 Å². The fourth-order valence-corrected chi connectivity index (χ4v) is 1.93. The number of hydrogen-bond donors (Lipinski definition) is 1. The third kappa shape index (κ3) is 10.1. The molecule has 1 rings (SSSR count). The number of carbonyl (C=O) groups is 2. The van der Waals surface area contributed by atoms with E-state index in [4.69, 9.17) is 0 Å². The monoisotopic (exact) mass is 359 g/mol. The van der Waals surface area contributed by atoms with Gasteiger partial charge in [0.25, 0.3) is 0 Å². The lowest BCUT2D eigenvalue weighted by Crippen LogP contribution is -2.22. The summed E-state index contributed by atoms with van der Waals surface area (Å²) >= 11 is 0. The summed E-state index contributed by atoms with van der Waals surface area (Å²) in [5, 5.41) is 2.65. The quantitative estimate of drug-likeness (QED) is 0.417. The van der Waals surface area contributed by atoms with Crippen molar-refractivity contribution in [1.82, 2.24) is 5.32 Å². The second-order valence-electron chi connectivity index (χ2n) is 5.13. The van der Waals surface area contributed by atoms with Crippen molar-refractivity contribution < 1.29 is 32.2 Å². The van der Waals surface area contributed by atoms with Crippen molar-refractivity contribution in [2.75, 3.05) is 13.7 Å². The summed E-state index contributed by atoms with van der Waals surface area (Å²) in [4.78, 5) is 22.5. The first-order chi connectivity index (χ1) is 11.8. The molecule has 0 unspecified atom stereocenters. The Morgan fingerprint density at radius 3 is 2.64 bits per heavy atom. The van der Waals surface area contributed by atoms with E-state index in [2.05, 4.69) is 14.8 Å². The zero-order valence-electron chi connectivity index (χ0n) is 13.8. The summed E-state index contributed by atoms with van der Waals surface area (Å²) in [6.45, 7) is 0.446. The number of alkyl halides is 3. The first kappa shape index (κ1) is 20.5. The summed E-state index contributed by atoms with van der Waals surface area (Å²) in [5.41, 5.74) is 0.412. The number of hydrogen-bond acceptors (Lipinski definition) is 4. The molecule has 138 valence electrons. The Bertz CT molecular complexity index is 600. The summed E-state index contributed by atoms with van der Waals surface area (Å²) in [6.07, 6.45) is 0.400. The predicted molar refractivity (Wildman–Crippen MR) is 85.7 cm³/mol. The molecule has 0 fully saturated rings. The van der Waals surface area contributed by atoms with Gasteiger partial charge in [-0.25, -0.2) is 0 Å². The molecule has 0 saturated carbocycles. The molecule has 0 aromatic heterocycles. The average molecular weight is 359 g/mol. The Hall–Kier alpha value is -2.51. The van der Waals surface area contributed by atoms with Crippen LogP contribution in [-0.2, 0) is 14.3 Å². The van der Waals surface area contributed by atoms with Crippen LogP contribution >= 0.6 is 0 Å². The van der Waals surface area contributed by atoms with E-state index in [0.717, 1.165) is 6.42 Å². The van der Waals surface area contributed by atoms with Crippen LogP contribution in [0.15, 0.2) is 30.3 Å². The van der Waals surface area contributed by atoms with E-state index in [1.165, 1.54) is 37.5 Å². The Kier molecular flexibility index (Phi) is 8.52. The maximum Gasteiger partial charge on any atom is 0.573 e. The van der Waals surface area contributed by atoms with Gasteiger partial charge in [0.2, 0.25) is 5.91 Å². The minimum atomic E-state index is -4.76. The second kappa shape index (κ2) is 10.4. The minimum Gasteiger partial charge on any atom is -0.469 e. The van der Waals surface area contributed by atoms with Gasteiger partial charge in [-0.2, -0.15) is 0 Å². The van der Waals surface area contributed by atoms with Crippen LogP contribution in [0.4, 0.5) is 13.2 Å². The summed E-state index contributed by atoms with van der Waals surface area (Å²) in [5.74, 6) is -0.959. The molecule has 5 nitrogen and oxygen atoms in total. The van der Waals surface area contributed by atoms with Crippen LogP contribution in [-0.4, -0.2) is 31.9 Å². The predicted octanol–water partition coefficient (Wildman–Crippen LogP) is 3.45. The molecule has 0 aliphatic rings. The lowest BCUT2D eigenvalue weighted by atomic mass is 10.2. The summed E-state index contributed by atoms with van der Waals surface area (Å²) in [7, 11) is 1.33. The Morgan fingerprint density at radius 1 is 1.20 bits per heavy atom. The van der Waals surface area contributed by atoms with Crippen molar-refractivity contribution in [3.8, 4) is 5.75 Å². The van der Waals surface area contributed by atoms with E-state index in [0.29, 0.717) is 31.4 Å². The van der Waals surface area contributed by atoms with Gasteiger partial charge in [0, 0.05) is 19.0 Å². The molecule has 0 bridgehead atoms. The van der Waals surface area contributed by atoms with Crippen molar-refractivity contribution in [2.24, 2.45) is 0 Å². The molecule has 0 atom stereocenters. The SMILES string of the molecule is COC(=O)CCCCCNC(=O)/C=C/c1cccc(OC(F)(F)F)c1. The third-order valence-electron chi connectivity index (χ3n) is 3.10. The fraction of sp³-hybridized carbons (Fsp3) is 0.412. The topological polar surface area (TPSA) is 64.6 Å². The van der Waals surface area contributed by atoms with Crippen molar-refractivity contribution in [3.63, 3.8) is 0 Å². The van der Waals surface area contributed by atoms with Crippen LogP contribution in [0.3, 0.4) is 0 Å². The van der Waals surface area contributed by atoms with Gasteiger partial charge in [-0.3, -0.25) is 9.59 Å². The van der Waals surface area contributed by atoms with E-state index < -0.39 is 6.36 Å². The van der Waals surface area contributed by atoms with Gasteiger partial charge < -0.3 is 14.8 Å². The van der Waals surface area contributed by atoms with Gasteiger partial charge >= 0.3 is 12.3 Å². The van der Waals surface area contributed by atoms with E-state index in [9.17, 15) is 22.8 Å². The molecule has 1 amide bonds. The standard InChI is InChI=1S/C17H20F3NO4/c1-24-16(23)8-3-2-4-11-21-15(22)10-9-13-6-5-7-14(12-13)25-17(18,19)20/h5-7,9-10,12H,2-4,8,11H2,1H3,(H,21,22)/b10-9+. The number of halogens is 3. The normalized spacial score (nSPS) is 11.4. The van der Waals surface area contributed by atoms with Gasteiger partial charge in [-0.05, 0) is 36.6 Å². The molecule has 0 heterocycles. The van der Waals surface area contributed by atoms with Gasteiger partial charge in [0.15, 0.2) is 0 Å². The lowest BCUT2D eigenvalue weighted by Gasteiger charge is -2.08. The highest BCUT2D eigenvalue weighted by atomic mass is 19.4. The van der Waals surface area contributed by atoms with Crippen molar-refractivity contribution in [2.45, 2.75) is 32.0 Å². The fourth-order valence-electron chi connectivity index (χ4n) is 1.93. The smallest absolute Gasteiger partial charge is 0.469 e. The number of benzene rings is 1. The van der Waals surface area contributed by atoms with Crippen molar-refractivity contribution in [1.29, 1.82) is 0 Å². The maximum atomic E-state index is 12.1. The number of rotatable bonds is 9. The minimum absolute atomic E-state index is 0.260. The first-order valence-electron chi connectivity index (χ1n) is 7.68. The zero-order valence-corrected chi connectivity index (χ0v) is 13.8. The van der Waals surface area contributed by atoms with Gasteiger partial charge in [0.1, 0.15) is 5.75 Å². The molecule has 0 aliphatic heterocycles. The molecule has 1 aromatic rings. The third-order valence-corrected chi connectivity index (χ3v) is 3.10. The number of nitrogens with one attached hydrogen (secondary N) is 1. The highest BCUT2D eigenvalue weighted by Crippen LogP contribution is 2.23. The molecule has 25 heavy (non-hydrogen) atoms. The molecular weight excluding hydrogens is 339 g/mol. The number of amides is 1. The number of ether oxygens (including phenoxy) is 2. The zero-order chi connectivity index (χ0) is 18.7. The van der Waals surface area contributed by atoms with Crippen molar-refractivity contribution in [3.05, 3.63) is 35.9 Å². The number of carbonyl (C=O) groups excluding carboxylic acids is 2. The largest absolute Gasteiger partial charge is 0.573 e. The highest BCUT2D eigenvalue weighted by Gasteiger charge is 2.30. The van der Waals surface area contributed by atoms with E-state index in [-0.39, 0.29) is 17.6 Å². The Morgan fingerprint density at radius 2 is 1.96 bits per heavy atom. The molecule has 1 aromatic carbocycles. The molecule has 8 heteroatoms. The molecule has 0 radical (unpaired) electrons. The van der Waals surface area contributed by atoms with E-state index in [1.54, 1.807) is 6.07 Å². The Balaban J connectivity index is 2.32. The molecule has 0 saturated heterocycles. The molecule has 0 aliphatic carbocycles. The first-order valence-corrected chi connectivity index (χ1v) is 7.68. The molecule has 0 spiro atoms. The summed E-state index contributed by atoms with van der Waals surface area (Å²) in [6, 6.07) is 5.32. The number of unbranched alkanes of at least 4 members (excludes halogenated alkanes) is 2. The van der Waals surface area contributed by atoms with Gasteiger partial charge in [-0.1, -0.05) is 18.6 Å². The van der Waals surface area contributed by atoms with E-state index in [1.807, 2.05) is 0 Å². The van der Waals surface area contributed by atoms with Crippen LogP contribution < -0.4 is 10.1 Å². The van der Waals surface area contributed by atoms with Crippen LogP contribution in [0.25, 0.3) is 6.08 Å². The average Bonchev–Trinajstić information content (AvgIpc) is 2.54. The highest BCUT2D eigenvalue weighted by molar-refractivity contribution is 5.91. The van der Waals surface area contributed by atoms with E-state index >= 15 is 0 Å². The second-order valence-corrected chi connectivity index (χ2v) is 5.13. The molecular formula is C17H20F3NO4.